The van der Waals surface area contributed by atoms with Gasteiger partial charge in [-0.05, 0) is 24.3 Å². The van der Waals surface area contributed by atoms with Gasteiger partial charge in [0.05, 0.1) is 41.1 Å². The van der Waals surface area contributed by atoms with Crippen molar-refractivity contribution in [1.82, 2.24) is 9.55 Å². The van der Waals surface area contributed by atoms with Crippen molar-refractivity contribution < 1.29 is 32.7 Å². The number of amides is 1. The lowest BCUT2D eigenvalue weighted by atomic mass is 10.0. The summed E-state index contributed by atoms with van der Waals surface area (Å²) in [6.45, 7) is 0. The number of carbonyl (C=O) groups is 3. The van der Waals surface area contributed by atoms with E-state index in [-0.39, 0.29) is 35.5 Å². The molecule has 1 aliphatic heterocycles. The highest BCUT2D eigenvalue weighted by atomic mass is 19.4. The summed E-state index contributed by atoms with van der Waals surface area (Å²) in [4.78, 5) is 42.7. The number of alkyl halides is 3. The van der Waals surface area contributed by atoms with Crippen molar-refractivity contribution in [3.63, 3.8) is 0 Å². The molecule has 3 aromatic rings. The van der Waals surface area contributed by atoms with E-state index in [0.717, 1.165) is 23.0 Å². The topological polar surface area (TPSA) is 126 Å². The number of aliphatic imine (C=N–C) groups is 1. The molecule has 0 spiro atoms. The fraction of sp³-hybridized carbons (Fsp3) is 0.136. The number of para-hydroxylation sites is 1. The van der Waals surface area contributed by atoms with Crippen molar-refractivity contribution in [2.24, 2.45) is 4.99 Å². The summed E-state index contributed by atoms with van der Waals surface area (Å²) in [5, 5.41) is 14.4. The second-order valence-corrected chi connectivity index (χ2v) is 7.31. The third-order valence-electron chi connectivity index (χ3n) is 4.93. The number of aromatic nitrogens is 2. The van der Waals surface area contributed by atoms with Gasteiger partial charge >= 0.3 is 12.1 Å². The Kier molecular flexibility index (Phi) is 5.88. The normalized spacial score (nSPS) is 15.0. The molecule has 0 saturated heterocycles. The van der Waals surface area contributed by atoms with Crippen LogP contribution in [0.3, 0.4) is 0 Å². The molecule has 3 N–H and O–H groups in total. The summed E-state index contributed by atoms with van der Waals surface area (Å²) in [5.74, 6) is -1.89. The number of benzene rings is 2. The van der Waals surface area contributed by atoms with Crippen LogP contribution in [0.25, 0.3) is 5.69 Å². The molecule has 2 aromatic carbocycles. The van der Waals surface area contributed by atoms with Crippen LogP contribution in [0.2, 0.25) is 0 Å². The zero-order chi connectivity index (χ0) is 24.5. The maximum Gasteiger partial charge on any atom is 0.418 e. The highest BCUT2D eigenvalue weighted by molar-refractivity contribution is 6.42. The maximum absolute atomic E-state index is 13.8. The number of rotatable bonds is 6. The van der Waals surface area contributed by atoms with Crippen LogP contribution in [0, 0.1) is 0 Å². The summed E-state index contributed by atoms with van der Waals surface area (Å²) >= 11 is 0. The van der Waals surface area contributed by atoms with E-state index < -0.39 is 35.4 Å². The summed E-state index contributed by atoms with van der Waals surface area (Å²) in [6.07, 6.45) is -2.32. The van der Waals surface area contributed by atoms with Crippen LogP contribution in [0.4, 0.5) is 30.2 Å². The van der Waals surface area contributed by atoms with Gasteiger partial charge < -0.3 is 25.1 Å². The van der Waals surface area contributed by atoms with Crippen molar-refractivity contribution >= 4 is 40.9 Å². The van der Waals surface area contributed by atoms with Gasteiger partial charge in [0.1, 0.15) is 12.3 Å². The van der Waals surface area contributed by atoms with Crippen LogP contribution in [0.5, 0.6) is 0 Å². The number of nitrogens with zero attached hydrogens (tertiary/aromatic N) is 3. The first-order valence-electron chi connectivity index (χ1n) is 9.83. The van der Waals surface area contributed by atoms with Gasteiger partial charge in [0, 0.05) is 11.9 Å². The van der Waals surface area contributed by atoms with Crippen LogP contribution < -0.4 is 10.6 Å². The maximum atomic E-state index is 13.8. The van der Waals surface area contributed by atoms with E-state index in [9.17, 15) is 32.7 Å². The molecule has 9 nitrogen and oxygen atoms in total. The Hall–Kier alpha value is -4.48. The average Bonchev–Trinajstić information content (AvgIpc) is 3.25. The third kappa shape index (κ3) is 4.65. The Bertz CT molecular complexity index is 1300. The molecular formula is C22H16F3N5O4. The standard InChI is InChI=1S/C22H16F3N5O4/c23-22(24,25)14-7-15-16(29-20(21(33)34)17(10-31)28-15)8-18(14)30-9-13(26-11-30)6-19(32)27-12-4-2-1-3-5-12/h1-5,7-11,17,28H,6H2,(H,27,32)(H,33,34). The van der Waals surface area contributed by atoms with Crippen molar-refractivity contribution in [3.8, 4) is 5.69 Å². The minimum absolute atomic E-state index is 0.0874. The first kappa shape index (κ1) is 22.7. The third-order valence-corrected chi connectivity index (χ3v) is 4.93. The Balaban J connectivity index is 1.68. The Morgan fingerprint density at radius 2 is 1.94 bits per heavy atom. The monoisotopic (exact) mass is 471 g/mol. The zero-order valence-electron chi connectivity index (χ0n) is 17.2. The van der Waals surface area contributed by atoms with Crippen LogP contribution >= 0.6 is 0 Å². The first-order valence-corrected chi connectivity index (χ1v) is 9.83. The number of fused-ring (bicyclic) bond motifs is 1. The van der Waals surface area contributed by atoms with Gasteiger partial charge in [-0.25, -0.2) is 14.8 Å². The smallest absolute Gasteiger partial charge is 0.418 e. The molecular weight excluding hydrogens is 455 g/mol. The molecule has 2 heterocycles. The number of aliphatic carboxylic acids is 1. The molecule has 1 unspecified atom stereocenters. The molecule has 1 aromatic heterocycles. The van der Waals surface area contributed by atoms with Crippen LogP contribution in [0.15, 0.2) is 60.0 Å². The molecule has 1 atom stereocenters. The van der Waals surface area contributed by atoms with E-state index in [4.69, 9.17) is 0 Å². The molecule has 1 aliphatic rings. The highest BCUT2D eigenvalue weighted by Gasteiger charge is 2.37. The number of imidazole rings is 1. The molecule has 0 saturated carbocycles. The molecule has 0 bridgehead atoms. The van der Waals surface area contributed by atoms with Gasteiger partial charge in [-0.15, -0.1) is 0 Å². The summed E-state index contributed by atoms with van der Waals surface area (Å²) in [7, 11) is 0. The molecule has 1 amide bonds. The van der Waals surface area contributed by atoms with Crippen molar-refractivity contribution in [2.75, 3.05) is 10.6 Å². The molecule has 0 aliphatic carbocycles. The first-order chi connectivity index (χ1) is 16.2. The number of hydrogen-bond donors (Lipinski definition) is 3. The van der Waals surface area contributed by atoms with Crippen LogP contribution in [-0.4, -0.2) is 44.6 Å². The number of nitrogens with one attached hydrogen (secondary N) is 2. The lowest BCUT2D eigenvalue weighted by molar-refractivity contribution is -0.137. The van der Waals surface area contributed by atoms with Crippen molar-refractivity contribution in [2.45, 2.75) is 18.6 Å². The summed E-state index contributed by atoms with van der Waals surface area (Å²) < 4.78 is 42.5. The van der Waals surface area contributed by atoms with Gasteiger partial charge in [0.2, 0.25) is 5.91 Å². The number of carboxylic acids is 1. The van der Waals surface area contributed by atoms with E-state index >= 15 is 0 Å². The fourth-order valence-electron chi connectivity index (χ4n) is 3.42. The van der Waals surface area contributed by atoms with Gasteiger partial charge in [0.15, 0.2) is 5.71 Å². The molecule has 0 radical (unpaired) electrons. The van der Waals surface area contributed by atoms with Gasteiger partial charge in [0.25, 0.3) is 0 Å². The Morgan fingerprint density at radius 1 is 1.21 bits per heavy atom. The SMILES string of the molecule is O=CC1Nc2cc(C(F)(F)F)c(-n3cnc(CC(=O)Nc4ccccc4)c3)cc2N=C1C(=O)O. The predicted octanol–water partition coefficient (Wildman–Crippen LogP) is 3.22. The van der Waals surface area contributed by atoms with Crippen molar-refractivity contribution in [3.05, 3.63) is 66.2 Å². The predicted molar refractivity (Wildman–Crippen MR) is 116 cm³/mol. The average molecular weight is 471 g/mol. The minimum Gasteiger partial charge on any atom is -0.477 e. The summed E-state index contributed by atoms with van der Waals surface area (Å²) in [5.41, 5.74) is -1.42. The number of hydrogen-bond acceptors (Lipinski definition) is 6. The molecule has 0 fully saturated rings. The van der Waals surface area contributed by atoms with Gasteiger partial charge in [-0.1, -0.05) is 18.2 Å². The number of anilines is 2. The quantitative estimate of drug-likeness (QED) is 0.474. The minimum atomic E-state index is -4.78. The number of aldehydes is 1. The van der Waals surface area contributed by atoms with E-state index in [1.165, 1.54) is 6.20 Å². The highest BCUT2D eigenvalue weighted by Crippen LogP contribution is 2.41. The van der Waals surface area contributed by atoms with Crippen LogP contribution in [0.1, 0.15) is 11.3 Å². The van der Waals surface area contributed by atoms with Crippen LogP contribution in [-0.2, 0) is 27.0 Å². The zero-order valence-corrected chi connectivity index (χ0v) is 17.2. The van der Waals surface area contributed by atoms with Crippen molar-refractivity contribution in [1.29, 1.82) is 0 Å². The number of halogens is 3. The second kappa shape index (κ2) is 8.81. The van der Waals surface area contributed by atoms with E-state index in [1.54, 1.807) is 30.3 Å². The van der Waals surface area contributed by atoms with E-state index in [2.05, 4.69) is 20.6 Å². The molecule has 174 valence electrons. The van der Waals surface area contributed by atoms with E-state index in [0.29, 0.717) is 5.69 Å². The Labute approximate surface area is 190 Å². The van der Waals surface area contributed by atoms with Gasteiger partial charge in [-0.2, -0.15) is 13.2 Å². The summed E-state index contributed by atoms with van der Waals surface area (Å²) in [6, 6.07) is 9.05. The number of carbonyl (C=O) groups excluding carboxylic acids is 2. The molecule has 34 heavy (non-hydrogen) atoms. The lowest BCUT2D eigenvalue weighted by Gasteiger charge is -2.24. The number of carboxylic acid groups (broad SMARTS) is 1. The Morgan fingerprint density at radius 3 is 2.59 bits per heavy atom. The largest absolute Gasteiger partial charge is 0.477 e. The fourth-order valence-corrected chi connectivity index (χ4v) is 3.42. The van der Waals surface area contributed by atoms with Gasteiger partial charge in [-0.3, -0.25) is 4.79 Å². The lowest BCUT2D eigenvalue weighted by Crippen LogP contribution is -2.38. The molecule has 12 heteroatoms. The van der Waals surface area contributed by atoms with E-state index in [1.807, 2.05) is 0 Å². The second-order valence-electron chi connectivity index (χ2n) is 7.31. The molecule has 4 rings (SSSR count).